The van der Waals surface area contributed by atoms with Crippen LogP contribution in [0.25, 0.3) is 0 Å². The van der Waals surface area contributed by atoms with Crippen LogP contribution in [0.5, 0.6) is 0 Å². The number of carbonyl (C=O) groups excluding carboxylic acids is 1. The molecule has 1 aromatic carbocycles. The maximum atomic E-state index is 11.8. The Kier molecular flexibility index (Phi) is 4.15. The molecule has 1 amide bonds. The third-order valence-corrected chi connectivity index (χ3v) is 2.97. The first kappa shape index (κ1) is 12.8. The number of nitrogens with zero attached hydrogens (tertiary/aromatic N) is 1. The number of benzene rings is 1. The zero-order valence-electron chi connectivity index (χ0n) is 9.94. The van der Waals surface area contributed by atoms with Gasteiger partial charge in [-0.3, -0.25) is 4.79 Å². The number of aryl methyl sites for hydroxylation is 1. The lowest BCUT2D eigenvalue weighted by Gasteiger charge is -2.03. The molecule has 1 heterocycles. The average molecular weight is 309 g/mol. The van der Waals surface area contributed by atoms with Crippen LogP contribution in [0.1, 0.15) is 21.9 Å². The summed E-state index contributed by atoms with van der Waals surface area (Å²) in [5.74, 6) is 0.562. The Morgan fingerprint density at radius 2 is 2.11 bits per heavy atom. The second-order valence-electron chi connectivity index (χ2n) is 3.87. The van der Waals surface area contributed by atoms with Gasteiger partial charge in [0.15, 0.2) is 5.89 Å². The topological polar surface area (TPSA) is 55.1 Å². The zero-order valence-corrected chi connectivity index (χ0v) is 11.5. The molecule has 0 aliphatic rings. The van der Waals surface area contributed by atoms with Crippen molar-refractivity contribution >= 4 is 21.8 Å². The minimum Gasteiger partial charge on any atom is -0.449 e. The molecule has 1 aromatic heterocycles. The van der Waals surface area contributed by atoms with Crippen molar-refractivity contribution in [3.05, 3.63) is 52.1 Å². The highest BCUT2D eigenvalue weighted by atomic mass is 79.9. The van der Waals surface area contributed by atoms with Gasteiger partial charge in [0.1, 0.15) is 6.26 Å². The lowest BCUT2D eigenvalue weighted by atomic mass is 10.2. The number of rotatable bonds is 4. The van der Waals surface area contributed by atoms with Gasteiger partial charge in [0.05, 0.1) is 5.69 Å². The molecular weight excluding hydrogens is 296 g/mol. The molecule has 5 heteroatoms. The van der Waals surface area contributed by atoms with Crippen LogP contribution >= 0.6 is 15.9 Å². The minimum atomic E-state index is -0.0808. The number of amides is 1. The molecule has 0 saturated carbocycles. The molecule has 2 rings (SSSR count). The first-order chi connectivity index (χ1) is 8.65. The van der Waals surface area contributed by atoms with Crippen LogP contribution in [0.15, 0.2) is 39.4 Å². The van der Waals surface area contributed by atoms with Crippen molar-refractivity contribution in [1.29, 1.82) is 0 Å². The van der Waals surface area contributed by atoms with E-state index in [2.05, 4.69) is 26.2 Å². The predicted molar refractivity (Wildman–Crippen MR) is 71.4 cm³/mol. The second-order valence-corrected chi connectivity index (χ2v) is 4.79. The van der Waals surface area contributed by atoms with Crippen LogP contribution < -0.4 is 5.32 Å². The van der Waals surface area contributed by atoms with E-state index >= 15 is 0 Å². The molecule has 0 aliphatic carbocycles. The number of halogens is 1. The van der Waals surface area contributed by atoms with E-state index < -0.39 is 0 Å². The van der Waals surface area contributed by atoms with E-state index in [9.17, 15) is 4.79 Å². The predicted octanol–water partition coefficient (Wildman–Crippen LogP) is 2.72. The average Bonchev–Trinajstić information content (AvgIpc) is 2.76. The Hall–Kier alpha value is -1.62. The summed E-state index contributed by atoms with van der Waals surface area (Å²) in [7, 11) is 0. The normalized spacial score (nSPS) is 10.3. The smallest absolute Gasteiger partial charge is 0.251 e. The van der Waals surface area contributed by atoms with Crippen LogP contribution in [-0.4, -0.2) is 17.4 Å². The standard InChI is InChI=1S/C13H13BrN2O2/c1-9-16-12(8-18-9)6-7-15-13(17)10-2-4-11(14)5-3-10/h2-5,8H,6-7H2,1H3,(H,15,17). The molecule has 0 bridgehead atoms. The van der Waals surface area contributed by atoms with Crippen molar-refractivity contribution in [1.82, 2.24) is 10.3 Å². The van der Waals surface area contributed by atoms with Crippen molar-refractivity contribution in [3.63, 3.8) is 0 Å². The maximum absolute atomic E-state index is 11.8. The molecular formula is C13H13BrN2O2. The molecule has 0 fully saturated rings. The maximum Gasteiger partial charge on any atom is 0.251 e. The molecule has 18 heavy (non-hydrogen) atoms. The summed E-state index contributed by atoms with van der Waals surface area (Å²) in [5.41, 5.74) is 1.50. The van der Waals surface area contributed by atoms with Gasteiger partial charge in [-0.2, -0.15) is 0 Å². The van der Waals surface area contributed by atoms with E-state index in [0.717, 1.165) is 10.2 Å². The molecule has 0 unspecified atom stereocenters. The molecule has 0 atom stereocenters. The fourth-order valence-electron chi connectivity index (χ4n) is 1.53. The van der Waals surface area contributed by atoms with Gasteiger partial charge >= 0.3 is 0 Å². The molecule has 0 spiro atoms. The lowest BCUT2D eigenvalue weighted by Crippen LogP contribution is -2.25. The summed E-state index contributed by atoms with van der Waals surface area (Å²) < 4.78 is 6.05. The van der Waals surface area contributed by atoms with Gasteiger partial charge in [-0.05, 0) is 24.3 Å². The van der Waals surface area contributed by atoms with E-state index in [4.69, 9.17) is 4.42 Å². The minimum absolute atomic E-state index is 0.0808. The monoisotopic (exact) mass is 308 g/mol. The largest absolute Gasteiger partial charge is 0.449 e. The molecule has 0 saturated heterocycles. The summed E-state index contributed by atoms with van der Waals surface area (Å²) in [6.45, 7) is 2.34. The third kappa shape index (κ3) is 3.43. The summed E-state index contributed by atoms with van der Waals surface area (Å²) in [6, 6.07) is 7.24. The highest BCUT2D eigenvalue weighted by Gasteiger charge is 2.05. The highest BCUT2D eigenvalue weighted by Crippen LogP contribution is 2.10. The van der Waals surface area contributed by atoms with Crippen molar-refractivity contribution in [2.75, 3.05) is 6.54 Å². The van der Waals surface area contributed by atoms with Gasteiger partial charge in [0.25, 0.3) is 5.91 Å². The van der Waals surface area contributed by atoms with Crippen LogP contribution in [0.2, 0.25) is 0 Å². The van der Waals surface area contributed by atoms with Gasteiger partial charge < -0.3 is 9.73 Å². The number of oxazole rings is 1. The highest BCUT2D eigenvalue weighted by molar-refractivity contribution is 9.10. The van der Waals surface area contributed by atoms with Gasteiger partial charge in [-0.25, -0.2) is 4.98 Å². The third-order valence-electron chi connectivity index (χ3n) is 2.44. The zero-order chi connectivity index (χ0) is 13.0. The van der Waals surface area contributed by atoms with Gasteiger partial charge in [0.2, 0.25) is 0 Å². The fraction of sp³-hybridized carbons (Fsp3) is 0.231. The number of carbonyl (C=O) groups is 1. The second kappa shape index (κ2) is 5.82. The quantitative estimate of drug-likeness (QED) is 0.945. The van der Waals surface area contributed by atoms with E-state index in [1.807, 2.05) is 12.1 Å². The Bertz CT molecular complexity index is 534. The number of nitrogens with one attached hydrogen (secondary N) is 1. The van der Waals surface area contributed by atoms with Gasteiger partial charge in [0, 0.05) is 29.9 Å². The number of hydrogen-bond donors (Lipinski definition) is 1. The van der Waals surface area contributed by atoms with Crippen molar-refractivity contribution in [2.24, 2.45) is 0 Å². The first-order valence-corrected chi connectivity index (χ1v) is 6.39. The molecule has 0 aliphatic heterocycles. The summed E-state index contributed by atoms with van der Waals surface area (Å²) in [4.78, 5) is 15.9. The summed E-state index contributed by atoms with van der Waals surface area (Å²) >= 11 is 3.33. The number of hydrogen-bond acceptors (Lipinski definition) is 3. The molecule has 94 valence electrons. The van der Waals surface area contributed by atoms with E-state index in [-0.39, 0.29) is 5.91 Å². The van der Waals surface area contributed by atoms with Crippen molar-refractivity contribution in [2.45, 2.75) is 13.3 Å². The molecule has 1 N–H and O–H groups in total. The Morgan fingerprint density at radius 1 is 1.39 bits per heavy atom. The summed E-state index contributed by atoms with van der Waals surface area (Å²) in [6.07, 6.45) is 2.28. The van der Waals surface area contributed by atoms with Gasteiger partial charge in [-0.1, -0.05) is 15.9 Å². The van der Waals surface area contributed by atoms with Crippen LogP contribution in [0.3, 0.4) is 0 Å². The molecule has 0 radical (unpaired) electrons. The number of aromatic nitrogens is 1. The Labute approximate surface area is 114 Å². The van der Waals surface area contributed by atoms with Crippen LogP contribution in [0.4, 0.5) is 0 Å². The SMILES string of the molecule is Cc1nc(CCNC(=O)c2ccc(Br)cc2)co1. The fourth-order valence-corrected chi connectivity index (χ4v) is 1.79. The Morgan fingerprint density at radius 3 is 2.72 bits per heavy atom. The molecule has 2 aromatic rings. The van der Waals surface area contributed by atoms with E-state index in [0.29, 0.717) is 24.4 Å². The summed E-state index contributed by atoms with van der Waals surface area (Å²) in [5, 5.41) is 2.84. The van der Waals surface area contributed by atoms with E-state index in [1.54, 1.807) is 25.3 Å². The first-order valence-electron chi connectivity index (χ1n) is 5.60. The van der Waals surface area contributed by atoms with Gasteiger partial charge in [-0.15, -0.1) is 0 Å². The van der Waals surface area contributed by atoms with Crippen LogP contribution in [-0.2, 0) is 6.42 Å². The van der Waals surface area contributed by atoms with E-state index in [1.165, 1.54) is 0 Å². The van der Waals surface area contributed by atoms with Crippen molar-refractivity contribution in [3.8, 4) is 0 Å². The lowest BCUT2D eigenvalue weighted by molar-refractivity contribution is 0.0954. The van der Waals surface area contributed by atoms with Crippen molar-refractivity contribution < 1.29 is 9.21 Å². The van der Waals surface area contributed by atoms with Crippen LogP contribution in [0, 0.1) is 6.92 Å². The molecule has 4 nitrogen and oxygen atoms in total. The Balaban J connectivity index is 1.83.